The minimum atomic E-state index is -0.994. The van der Waals surface area contributed by atoms with Crippen molar-refractivity contribution in [1.82, 2.24) is 19.3 Å². The van der Waals surface area contributed by atoms with Crippen LogP contribution in [0.4, 0.5) is 0 Å². The Kier molecular flexibility index (Phi) is 6.63. The summed E-state index contributed by atoms with van der Waals surface area (Å²) < 4.78 is 9.57. The largest absolute Gasteiger partial charge is 0.480 e. The van der Waals surface area contributed by atoms with E-state index < -0.39 is 11.5 Å². The second kappa shape index (κ2) is 10.4. The Balaban J connectivity index is 1.79. The third-order valence-corrected chi connectivity index (χ3v) is 7.54. The predicted molar refractivity (Wildman–Crippen MR) is 159 cm³/mol. The highest BCUT2D eigenvalue weighted by atomic mass is 16.5. The molecule has 3 aromatic carbocycles. The number of carboxylic acids is 1. The number of carbonyl (C=O) groups is 1. The van der Waals surface area contributed by atoms with Gasteiger partial charge in [-0.3, -0.25) is 0 Å². The van der Waals surface area contributed by atoms with Crippen molar-refractivity contribution in [2.24, 2.45) is 0 Å². The smallest absolute Gasteiger partial charge is 0.352 e. The summed E-state index contributed by atoms with van der Waals surface area (Å²) in [6, 6.07) is 34.5. The predicted octanol–water partition coefficient (Wildman–Crippen LogP) is 7.03. The van der Waals surface area contributed by atoms with Gasteiger partial charge >= 0.3 is 5.97 Å². The summed E-state index contributed by atoms with van der Waals surface area (Å²) in [5.74, 6) is -0.577. The van der Waals surface area contributed by atoms with E-state index in [1.807, 2.05) is 85.4 Å². The van der Waals surface area contributed by atoms with E-state index >= 15 is 0 Å². The van der Waals surface area contributed by atoms with Crippen LogP contribution < -0.4 is 4.74 Å². The Hall–Kier alpha value is -5.17. The molecular formula is C34H30N4O3. The average molecular weight is 543 g/mol. The number of nitrogens with zero attached hydrogens (tertiary/aromatic N) is 4. The number of benzene rings is 3. The molecule has 6 rings (SSSR count). The number of rotatable bonds is 8. The van der Waals surface area contributed by atoms with Crippen molar-refractivity contribution < 1.29 is 14.6 Å². The molecular weight excluding hydrogens is 512 g/mol. The van der Waals surface area contributed by atoms with Gasteiger partial charge in [-0.25, -0.2) is 14.5 Å². The Morgan fingerprint density at radius 2 is 1.39 bits per heavy atom. The highest BCUT2D eigenvalue weighted by molar-refractivity contribution is 5.99. The first kappa shape index (κ1) is 26.1. The second-order valence-electron chi connectivity index (χ2n) is 10.2. The van der Waals surface area contributed by atoms with Gasteiger partial charge in [0, 0.05) is 24.0 Å². The summed E-state index contributed by atoms with van der Waals surface area (Å²) in [5.41, 5.74) is 4.47. The van der Waals surface area contributed by atoms with E-state index in [0.29, 0.717) is 22.5 Å². The summed E-state index contributed by atoms with van der Waals surface area (Å²) in [7, 11) is 1.59. The molecule has 6 aromatic rings. The summed E-state index contributed by atoms with van der Waals surface area (Å²) in [4.78, 5) is 16.7. The van der Waals surface area contributed by atoms with Gasteiger partial charge in [-0.2, -0.15) is 5.10 Å². The lowest BCUT2D eigenvalue weighted by molar-refractivity contribution is 0.0683. The molecule has 0 amide bonds. The number of ether oxygens (including phenoxy) is 1. The Morgan fingerprint density at radius 1 is 0.854 bits per heavy atom. The molecule has 7 heteroatoms. The van der Waals surface area contributed by atoms with Crippen molar-refractivity contribution >= 4 is 16.9 Å². The highest BCUT2D eigenvalue weighted by Gasteiger charge is 2.41. The molecule has 0 spiro atoms. The molecule has 0 bridgehead atoms. The van der Waals surface area contributed by atoms with Gasteiger partial charge in [0.15, 0.2) is 0 Å². The SMILES string of the molecule is COc1nccc2c1c(-c1cc(C(=O)O)n(C(C)C)c1)nn2C(c1ccccc1)(c1ccccc1)c1ccccc1. The van der Waals surface area contributed by atoms with Crippen LogP contribution in [0.3, 0.4) is 0 Å². The summed E-state index contributed by atoms with van der Waals surface area (Å²) in [6.07, 6.45) is 3.57. The number of pyridine rings is 1. The molecule has 204 valence electrons. The molecule has 1 N–H and O–H groups in total. The molecule has 0 saturated carbocycles. The zero-order valence-corrected chi connectivity index (χ0v) is 23.1. The van der Waals surface area contributed by atoms with E-state index in [4.69, 9.17) is 9.84 Å². The first-order valence-corrected chi connectivity index (χ1v) is 13.5. The van der Waals surface area contributed by atoms with Crippen molar-refractivity contribution in [3.8, 4) is 17.1 Å². The fraction of sp³-hybridized carbons (Fsp3) is 0.147. The average Bonchev–Trinajstić information content (AvgIpc) is 3.63. The van der Waals surface area contributed by atoms with Gasteiger partial charge in [0.05, 0.1) is 18.0 Å². The van der Waals surface area contributed by atoms with Crippen molar-refractivity contribution in [2.75, 3.05) is 7.11 Å². The van der Waals surface area contributed by atoms with Crippen molar-refractivity contribution in [3.63, 3.8) is 0 Å². The number of fused-ring (bicyclic) bond motifs is 1. The van der Waals surface area contributed by atoms with E-state index in [2.05, 4.69) is 41.4 Å². The fourth-order valence-electron chi connectivity index (χ4n) is 5.76. The maximum atomic E-state index is 12.2. The summed E-state index contributed by atoms with van der Waals surface area (Å²) in [6.45, 7) is 3.92. The summed E-state index contributed by atoms with van der Waals surface area (Å²) in [5, 5.41) is 16.0. The third-order valence-electron chi connectivity index (χ3n) is 7.54. The Labute approximate surface area is 238 Å². The lowest BCUT2D eigenvalue weighted by Crippen LogP contribution is -2.38. The molecule has 0 aliphatic rings. The lowest BCUT2D eigenvalue weighted by atomic mass is 9.77. The molecule has 3 aromatic heterocycles. The van der Waals surface area contributed by atoms with Gasteiger partial charge in [-0.05, 0) is 42.7 Å². The highest BCUT2D eigenvalue weighted by Crippen LogP contribution is 2.45. The monoisotopic (exact) mass is 542 g/mol. The minimum absolute atomic E-state index is 0.0553. The van der Waals surface area contributed by atoms with Gasteiger partial charge in [0.25, 0.3) is 0 Å². The molecule has 0 unspecified atom stereocenters. The normalized spacial score (nSPS) is 11.7. The number of hydrogen-bond acceptors (Lipinski definition) is 4. The first-order valence-electron chi connectivity index (χ1n) is 13.5. The molecule has 0 radical (unpaired) electrons. The maximum Gasteiger partial charge on any atom is 0.352 e. The molecule has 0 atom stereocenters. The van der Waals surface area contributed by atoms with E-state index in [-0.39, 0.29) is 11.7 Å². The van der Waals surface area contributed by atoms with Crippen molar-refractivity contribution in [3.05, 3.63) is 138 Å². The van der Waals surface area contributed by atoms with Crippen LogP contribution >= 0.6 is 0 Å². The molecule has 7 nitrogen and oxygen atoms in total. The van der Waals surface area contributed by atoms with Gasteiger partial charge in [0.2, 0.25) is 5.88 Å². The van der Waals surface area contributed by atoms with E-state index in [0.717, 1.165) is 22.2 Å². The summed E-state index contributed by atoms with van der Waals surface area (Å²) >= 11 is 0. The number of methoxy groups -OCH3 is 1. The van der Waals surface area contributed by atoms with Crippen molar-refractivity contribution in [2.45, 2.75) is 25.4 Å². The van der Waals surface area contributed by atoms with Gasteiger partial charge < -0.3 is 14.4 Å². The number of aromatic nitrogens is 4. The van der Waals surface area contributed by atoms with Gasteiger partial charge in [-0.15, -0.1) is 0 Å². The topological polar surface area (TPSA) is 82.2 Å². The van der Waals surface area contributed by atoms with E-state index in [9.17, 15) is 9.90 Å². The molecule has 41 heavy (non-hydrogen) atoms. The quantitative estimate of drug-likeness (QED) is 0.209. The fourth-order valence-corrected chi connectivity index (χ4v) is 5.76. The second-order valence-corrected chi connectivity index (χ2v) is 10.2. The zero-order valence-electron chi connectivity index (χ0n) is 23.1. The minimum Gasteiger partial charge on any atom is -0.480 e. The third kappa shape index (κ3) is 4.17. The first-order chi connectivity index (χ1) is 20.0. The van der Waals surface area contributed by atoms with E-state index in [1.165, 1.54) is 0 Å². The van der Waals surface area contributed by atoms with Crippen LogP contribution in [0, 0.1) is 0 Å². The molecule has 3 heterocycles. The van der Waals surface area contributed by atoms with Crippen LogP contribution in [0.5, 0.6) is 5.88 Å². The van der Waals surface area contributed by atoms with Crippen LogP contribution in [0.1, 0.15) is 47.1 Å². The Bertz CT molecular complexity index is 1730. The Morgan fingerprint density at radius 3 is 1.83 bits per heavy atom. The molecule has 0 saturated heterocycles. The number of carboxylic acid groups (broad SMARTS) is 1. The van der Waals surface area contributed by atoms with Crippen LogP contribution in [0.2, 0.25) is 0 Å². The maximum absolute atomic E-state index is 12.2. The van der Waals surface area contributed by atoms with Crippen LogP contribution in [-0.2, 0) is 5.54 Å². The molecule has 0 aliphatic heterocycles. The van der Waals surface area contributed by atoms with Crippen LogP contribution in [0.15, 0.2) is 116 Å². The number of aromatic carboxylic acids is 1. The molecule has 0 fully saturated rings. The standard InChI is InChI=1S/C34H30N4O3/c1-23(2)37-22-24(21-29(37)33(39)40)31-30-28(19-20-35-32(30)41-3)38(36-31)34(25-13-7-4-8-14-25,26-15-9-5-10-16-26)27-17-11-6-12-18-27/h4-23H,1-3H3,(H,39,40). The van der Waals surface area contributed by atoms with Crippen molar-refractivity contribution in [1.29, 1.82) is 0 Å². The van der Waals surface area contributed by atoms with Gasteiger partial charge in [-0.1, -0.05) is 91.0 Å². The van der Waals surface area contributed by atoms with Crippen LogP contribution in [-0.4, -0.2) is 37.5 Å². The van der Waals surface area contributed by atoms with E-state index in [1.54, 1.807) is 23.9 Å². The number of hydrogen-bond donors (Lipinski definition) is 1. The van der Waals surface area contributed by atoms with Crippen LogP contribution in [0.25, 0.3) is 22.2 Å². The molecule has 0 aliphatic carbocycles. The van der Waals surface area contributed by atoms with Gasteiger partial charge in [0.1, 0.15) is 16.9 Å². The lowest BCUT2D eigenvalue weighted by Gasteiger charge is -2.37. The zero-order chi connectivity index (χ0) is 28.6.